The maximum Gasteiger partial charge on any atom is 0.261 e. The Balaban J connectivity index is 1.96. The molecular weight excluding hydrogens is 222 g/mol. The molecule has 0 saturated carbocycles. The van der Waals surface area contributed by atoms with Gasteiger partial charge in [0.25, 0.3) is 5.91 Å². The van der Waals surface area contributed by atoms with E-state index in [4.69, 9.17) is 14.9 Å². The summed E-state index contributed by atoms with van der Waals surface area (Å²) >= 11 is 0. The largest absolute Gasteiger partial charge is 0.480 e. The molecule has 0 bridgehead atoms. The van der Waals surface area contributed by atoms with E-state index >= 15 is 0 Å². The number of carbonyl (C=O) groups is 1. The minimum Gasteiger partial charge on any atom is -0.480 e. The molecule has 0 saturated heterocycles. The number of nitrogens with one attached hydrogen (secondary N) is 1. The van der Waals surface area contributed by atoms with E-state index in [2.05, 4.69) is 5.32 Å². The Kier molecular flexibility index (Phi) is 3.61. The molecule has 17 heavy (non-hydrogen) atoms. The minimum absolute atomic E-state index is 0.290. The molecule has 0 fully saturated rings. The third-order valence-electron chi connectivity index (χ3n) is 2.73. The van der Waals surface area contributed by atoms with Crippen molar-refractivity contribution in [3.05, 3.63) is 29.8 Å². The van der Waals surface area contributed by atoms with E-state index < -0.39 is 12.1 Å². The van der Waals surface area contributed by atoms with Crippen molar-refractivity contribution < 1.29 is 19.7 Å². The molecule has 1 unspecified atom stereocenters. The monoisotopic (exact) mass is 237 g/mol. The average Bonchev–Trinajstić information content (AvgIpc) is 2.79. The molecule has 0 aliphatic carbocycles. The van der Waals surface area contributed by atoms with Crippen molar-refractivity contribution in [3.63, 3.8) is 0 Å². The van der Waals surface area contributed by atoms with Crippen LogP contribution in [0.5, 0.6) is 5.75 Å². The molecule has 1 atom stereocenters. The van der Waals surface area contributed by atoms with Crippen molar-refractivity contribution in [2.75, 3.05) is 13.2 Å². The van der Waals surface area contributed by atoms with Crippen molar-refractivity contribution in [1.82, 2.24) is 5.32 Å². The summed E-state index contributed by atoms with van der Waals surface area (Å²) in [5, 5.41) is 20.3. The Morgan fingerprint density at radius 3 is 2.76 bits per heavy atom. The summed E-state index contributed by atoms with van der Waals surface area (Å²) in [6, 6.07) is 6.85. The summed E-state index contributed by atoms with van der Waals surface area (Å²) in [6.07, 6.45) is -0.0565. The molecule has 2 rings (SSSR count). The Bertz CT molecular complexity index is 378. The summed E-state index contributed by atoms with van der Waals surface area (Å²) < 4.78 is 5.48. The second kappa shape index (κ2) is 5.16. The van der Waals surface area contributed by atoms with Gasteiger partial charge in [-0.3, -0.25) is 4.79 Å². The number of aliphatic hydroxyl groups excluding tert-OH is 2. The zero-order chi connectivity index (χ0) is 12.3. The lowest BCUT2D eigenvalue weighted by atomic mass is 10.1. The van der Waals surface area contributed by atoms with Crippen LogP contribution in [0.25, 0.3) is 0 Å². The van der Waals surface area contributed by atoms with Crippen LogP contribution in [0.2, 0.25) is 0 Å². The molecule has 0 spiro atoms. The molecule has 1 amide bonds. The molecule has 1 aromatic carbocycles. The third kappa shape index (κ3) is 2.57. The van der Waals surface area contributed by atoms with Crippen molar-refractivity contribution in [3.8, 4) is 5.75 Å². The first-order valence-corrected chi connectivity index (χ1v) is 5.51. The van der Waals surface area contributed by atoms with Crippen LogP contribution in [0.4, 0.5) is 0 Å². The number of fused-ring (bicyclic) bond motifs is 1. The summed E-state index contributed by atoms with van der Waals surface area (Å²) in [5.74, 6) is 0.409. The van der Waals surface area contributed by atoms with Crippen LogP contribution in [-0.2, 0) is 11.2 Å². The molecule has 1 aromatic rings. The lowest BCUT2D eigenvalue weighted by Crippen LogP contribution is -2.46. The van der Waals surface area contributed by atoms with Gasteiger partial charge in [0.2, 0.25) is 0 Å². The second-order valence-corrected chi connectivity index (χ2v) is 3.99. The molecule has 1 aliphatic rings. The second-order valence-electron chi connectivity index (χ2n) is 3.99. The van der Waals surface area contributed by atoms with E-state index in [-0.39, 0.29) is 19.1 Å². The van der Waals surface area contributed by atoms with Crippen LogP contribution in [0.1, 0.15) is 5.56 Å². The van der Waals surface area contributed by atoms with E-state index in [1.54, 1.807) is 0 Å². The SMILES string of the molecule is O=C(NC(CO)CO)C1Cc2ccccc2O1. The fourth-order valence-electron chi connectivity index (χ4n) is 1.77. The first-order chi connectivity index (χ1) is 8.24. The molecule has 5 heteroatoms. The van der Waals surface area contributed by atoms with Crippen LogP contribution >= 0.6 is 0 Å². The number of hydrogen-bond donors (Lipinski definition) is 3. The molecular formula is C12H15NO4. The lowest BCUT2D eigenvalue weighted by Gasteiger charge is -2.16. The van der Waals surface area contributed by atoms with Gasteiger partial charge in [-0.25, -0.2) is 0 Å². The average molecular weight is 237 g/mol. The first-order valence-electron chi connectivity index (χ1n) is 5.51. The number of para-hydroxylation sites is 1. The molecule has 1 aliphatic heterocycles. The van der Waals surface area contributed by atoms with Gasteiger partial charge in [0.1, 0.15) is 5.75 Å². The highest BCUT2D eigenvalue weighted by Crippen LogP contribution is 2.28. The quantitative estimate of drug-likeness (QED) is 0.657. The lowest BCUT2D eigenvalue weighted by molar-refractivity contribution is -0.128. The molecule has 92 valence electrons. The van der Waals surface area contributed by atoms with Crippen LogP contribution in [0, 0.1) is 0 Å². The topological polar surface area (TPSA) is 78.8 Å². The zero-order valence-electron chi connectivity index (χ0n) is 9.30. The highest BCUT2D eigenvalue weighted by atomic mass is 16.5. The number of ether oxygens (including phenoxy) is 1. The van der Waals surface area contributed by atoms with Crippen molar-refractivity contribution in [2.24, 2.45) is 0 Å². The first kappa shape index (κ1) is 11.9. The van der Waals surface area contributed by atoms with E-state index in [0.717, 1.165) is 11.3 Å². The summed E-state index contributed by atoms with van der Waals surface area (Å²) in [6.45, 7) is -0.580. The predicted molar refractivity (Wildman–Crippen MR) is 60.7 cm³/mol. The van der Waals surface area contributed by atoms with Crippen molar-refractivity contribution in [2.45, 2.75) is 18.6 Å². The van der Waals surface area contributed by atoms with Gasteiger partial charge < -0.3 is 20.3 Å². The van der Waals surface area contributed by atoms with Crippen LogP contribution in [0.3, 0.4) is 0 Å². The van der Waals surface area contributed by atoms with Crippen LogP contribution < -0.4 is 10.1 Å². The van der Waals surface area contributed by atoms with Gasteiger partial charge in [-0.2, -0.15) is 0 Å². The van der Waals surface area contributed by atoms with E-state index in [1.165, 1.54) is 0 Å². The minimum atomic E-state index is -0.630. The maximum absolute atomic E-state index is 11.8. The van der Waals surface area contributed by atoms with Gasteiger partial charge in [0.05, 0.1) is 19.3 Å². The molecule has 0 aromatic heterocycles. The highest BCUT2D eigenvalue weighted by Gasteiger charge is 2.29. The van der Waals surface area contributed by atoms with Crippen LogP contribution in [0.15, 0.2) is 24.3 Å². The van der Waals surface area contributed by atoms with Crippen molar-refractivity contribution in [1.29, 1.82) is 0 Å². The molecule has 3 N–H and O–H groups in total. The molecule has 5 nitrogen and oxygen atoms in total. The molecule has 0 radical (unpaired) electrons. The molecule has 1 heterocycles. The van der Waals surface area contributed by atoms with E-state index in [1.807, 2.05) is 24.3 Å². The number of benzene rings is 1. The van der Waals surface area contributed by atoms with Crippen LogP contribution in [-0.4, -0.2) is 41.5 Å². The predicted octanol–water partition coefficient (Wildman–Crippen LogP) is -0.540. The van der Waals surface area contributed by atoms with Gasteiger partial charge in [-0.1, -0.05) is 18.2 Å². The fraction of sp³-hybridized carbons (Fsp3) is 0.417. The third-order valence-corrected chi connectivity index (χ3v) is 2.73. The number of carbonyl (C=O) groups excluding carboxylic acids is 1. The Labute approximate surface area is 99.0 Å². The summed E-state index contributed by atoms with van der Waals surface area (Å²) in [7, 11) is 0. The number of amides is 1. The summed E-state index contributed by atoms with van der Waals surface area (Å²) in [5.41, 5.74) is 0.997. The number of aliphatic hydroxyl groups is 2. The van der Waals surface area contributed by atoms with Gasteiger partial charge in [0, 0.05) is 6.42 Å². The number of rotatable bonds is 4. The smallest absolute Gasteiger partial charge is 0.261 e. The normalized spacial score (nSPS) is 17.7. The Morgan fingerprint density at radius 2 is 2.12 bits per heavy atom. The Hall–Kier alpha value is -1.59. The van der Waals surface area contributed by atoms with Gasteiger partial charge >= 0.3 is 0 Å². The van der Waals surface area contributed by atoms with E-state index in [9.17, 15) is 4.79 Å². The highest BCUT2D eigenvalue weighted by molar-refractivity contribution is 5.82. The van der Waals surface area contributed by atoms with Gasteiger partial charge in [-0.15, -0.1) is 0 Å². The number of hydrogen-bond acceptors (Lipinski definition) is 4. The van der Waals surface area contributed by atoms with Gasteiger partial charge in [-0.05, 0) is 11.6 Å². The standard InChI is InChI=1S/C12H15NO4/c14-6-9(7-15)13-12(16)11-5-8-3-1-2-4-10(8)17-11/h1-4,9,11,14-15H,5-7H2,(H,13,16). The maximum atomic E-state index is 11.8. The summed E-state index contributed by atoms with van der Waals surface area (Å²) in [4.78, 5) is 11.8. The van der Waals surface area contributed by atoms with Crippen molar-refractivity contribution >= 4 is 5.91 Å². The zero-order valence-corrected chi connectivity index (χ0v) is 9.30. The fourth-order valence-corrected chi connectivity index (χ4v) is 1.77. The van der Waals surface area contributed by atoms with E-state index in [0.29, 0.717) is 6.42 Å². The Morgan fingerprint density at radius 1 is 1.41 bits per heavy atom. The van der Waals surface area contributed by atoms with Gasteiger partial charge in [0.15, 0.2) is 6.10 Å².